The van der Waals surface area contributed by atoms with E-state index in [4.69, 9.17) is 0 Å². The van der Waals surface area contributed by atoms with Crippen molar-refractivity contribution < 1.29 is 0 Å². The molecule has 0 aliphatic heterocycles. The number of aromatic nitrogens is 4. The number of fused-ring (bicyclic) bond motifs is 2. The molecule has 0 amide bonds. The smallest absolute Gasteiger partial charge is 0.137 e. The van der Waals surface area contributed by atoms with Crippen LogP contribution in [0.25, 0.3) is 10.9 Å². The minimum absolute atomic E-state index is 0.836. The number of H-pyrrole nitrogens is 1. The number of hydrogen-bond donors (Lipinski definition) is 2. The number of aryl methyl sites for hydroxylation is 2. The zero-order valence-electron chi connectivity index (χ0n) is 12.0. The molecule has 1 aromatic carbocycles. The Hall–Kier alpha value is -2.43. The van der Waals surface area contributed by atoms with Crippen LogP contribution >= 0.6 is 0 Å². The number of benzene rings is 1. The Kier molecular flexibility index (Phi) is 2.84. The molecule has 21 heavy (non-hydrogen) atoms. The summed E-state index contributed by atoms with van der Waals surface area (Å²) in [6, 6.07) is 6.17. The summed E-state index contributed by atoms with van der Waals surface area (Å²) >= 11 is 0. The summed E-state index contributed by atoms with van der Waals surface area (Å²) in [5, 5.41) is 11.6. The van der Waals surface area contributed by atoms with Crippen LogP contribution in [0.2, 0.25) is 0 Å². The fraction of sp³-hybridized carbons (Fsp3) is 0.312. The SMILES string of the molecule is Cc1nc2c(c(Nc3ccc4[nH]ncc4c3)n1)CCCC2. The second kappa shape index (κ2) is 4.84. The van der Waals surface area contributed by atoms with Crippen LogP contribution < -0.4 is 5.32 Å². The van der Waals surface area contributed by atoms with Crippen molar-refractivity contribution in [1.82, 2.24) is 20.2 Å². The maximum atomic E-state index is 4.60. The molecule has 0 atom stereocenters. The average Bonchev–Trinajstić information content (AvgIpc) is 2.94. The van der Waals surface area contributed by atoms with Crippen LogP contribution in [0.5, 0.6) is 0 Å². The molecule has 5 heteroatoms. The van der Waals surface area contributed by atoms with Crippen molar-refractivity contribution in [3.05, 3.63) is 41.5 Å². The fourth-order valence-corrected chi connectivity index (χ4v) is 2.98. The summed E-state index contributed by atoms with van der Waals surface area (Å²) in [6.45, 7) is 1.96. The van der Waals surface area contributed by atoms with Crippen molar-refractivity contribution in [1.29, 1.82) is 0 Å². The third kappa shape index (κ3) is 2.24. The minimum atomic E-state index is 0.836. The van der Waals surface area contributed by atoms with Crippen molar-refractivity contribution >= 4 is 22.4 Å². The highest BCUT2D eigenvalue weighted by atomic mass is 15.1. The summed E-state index contributed by atoms with van der Waals surface area (Å²) in [7, 11) is 0. The molecule has 4 rings (SSSR count). The lowest BCUT2D eigenvalue weighted by Gasteiger charge is -2.19. The molecule has 0 saturated carbocycles. The van der Waals surface area contributed by atoms with Gasteiger partial charge in [0.25, 0.3) is 0 Å². The van der Waals surface area contributed by atoms with E-state index in [0.717, 1.165) is 41.1 Å². The lowest BCUT2D eigenvalue weighted by atomic mass is 9.96. The van der Waals surface area contributed by atoms with Crippen LogP contribution in [0.15, 0.2) is 24.4 Å². The van der Waals surface area contributed by atoms with Crippen LogP contribution in [0, 0.1) is 6.92 Å². The molecule has 1 aliphatic rings. The molecule has 0 bridgehead atoms. The van der Waals surface area contributed by atoms with E-state index in [1.165, 1.54) is 24.1 Å². The molecule has 2 heterocycles. The highest BCUT2D eigenvalue weighted by Gasteiger charge is 2.17. The van der Waals surface area contributed by atoms with E-state index in [-0.39, 0.29) is 0 Å². The molecule has 0 fully saturated rings. The number of nitrogens with zero attached hydrogens (tertiary/aromatic N) is 3. The number of rotatable bonds is 2. The van der Waals surface area contributed by atoms with Crippen molar-refractivity contribution in [3.8, 4) is 0 Å². The molecular formula is C16H17N5. The van der Waals surface area contributed by atoms with E-state index in [9.17, 15) is 0 Å². The number of aromatic amines is 1. The van der Waals surface area contributed by atoms with Gasteiger partial charge in [0.1, 0.15) is 11.6 Å². The van der Waals surface area contributed by atoms with Crippen molar-refractivity contribution in [3.63, 3.8) is 0 Å². The van der Waals surface area contributed by atoms with E-state index in [1.807, 2.05) is 25.3 Å². The largest absolute Gasteiger partial charge is 0.340 e. The fourth-order valence-electron chi connectivity index (χ4n) is 2.98. The zero-order chi connectivity index (χ0) is 14.2. The molecular weight excluding hydrogens is 262 g/mol. The predicted molar refractivity (Wildman–Crippen MR) is 82.8 cm³/mol. The van der Waals surface area contributed by atoms with Crippen LogP contribution in [-0.2, 0) is 12.8 Å². The van der Waals surface area contributed by atoms with E-state index in [1.54, 1.807) is 0 Å². The lowest BCUT2D eigenvalue weighted by molar-refractivity contribution is 0.660. The monoisotopic (exact) mass is 279 g/mol. The minimum Gasteiger partial charge on any atom is -0.340 e. The van der Waals surface area contributed by atoms with Gasteiger partial charge < -0.3 is 5.32 Å². The standard InChI is InChI=1S/C16H17N5/c1-10-18-15-5-3-2-4-13(15)16(19-10)20-12-6-7-14-11(8-12)9-17-21-14/h6-9H,2-5H2,1H3,(H,17,21)(H,18,19,20). The molecule has 106 valence electrons. The molecule has 5 nitrogen and oxygen atoms in total. The summed E-state index contributed by atoms with van der Waals surface area (Å²) in [5.74, 6) is 1.79. The first-order valence-electron chi connectivity index (χ1n) is 7.36. The van der Waals surface area contributed by atoms with Gasteiger partial charge in [-0.1, -0.05) is 0 Å². The Balaban J connectivity index is 1.74. The van der Waals surface area contributed by atoms with E-state index < -0.39 is 0 Å². The van der Waals surface area contributed by atoms with E-state index >= 15 is 0 Å². The van der Waals surface area contributed by atoms with Crippen LogP contribution in [0.4, 0.5) is 11.5 Å². The second-order valence-corrected chi connectivity index (χ2v) is 5.55. The quantitative estimate of drug-likeness (QED) is 0.755. The normalized spacial score (nSPS) is 14.1. The van der Waals surface area contributed by atoms with Gasteiger partial charge in [-0.05, 0) is 50.8 Å². The van der Waals surface area contributed by atoms with Gasteiger partial charge in [-0.3, -0.25) is 5.10 Å². The first kappa shape index (κ1) is 12.3. The van der Waals surface area contributed by atoms with E-state index in [2.05, 4.69) is 31.5 Å². The summed E-state index contributed by atoms with van der Waals surface area (Å²) < 4.78 is 0. The highest BCUT2D eigenvalue weighted by Crippen LogP contribution is 2.28. The van der Waals surface area contributed by atoms with Gasteiger partial charge in [0.05, 0.1) is 11.7 Å². The van der Waals surface area contributed by atoms with Gasteiger partial charge in [-0.15, -0.1) is 0 Å². The first-order valence-corrected chi connectivity index (χ1v) is 7.36. The van der Waals surface area contributed by atoms with Gasteiger partial charge in [-0.2, -0.15) is 5.10 Å². The van der Waals surface area contributed by atoms with Crippen LogP contribution in [-0.4, -0.2) is 20.2 Å². The van der Waals surface area contributed by atoms with Gasteiger partial charge in [0.15, 0.2) is 0 Å². The summed E-state index contributed by atoms with van der Waals surface area (Å²) in [6.07, 6.45) is 6.40. The van der Waals surface area contributed by atoms with Crippen molar-refractivity contribution in [2.45, 2.75) is 32.6 Å². The number of anilines is 2. The molecule has 0 saturated heterocycles. The lowest BCUT2D eigenvalue weighted by Crippen LogP contribution is -2.11. The summed E-state index contributed by atoms with van der Waals surface area (Å²) in [5.41, 5.74) is 4.57. The maximum Gasteiger partial charge on any atom is 0.137 e. The Labute approximate surface area is 122 Å². The Bertz CT molecular complexity index is 806. The highest BCUT2D eigenvalue weighted by molar-refractivity contribution is 5.82. The topological polar surface area (TPSA) is 66.5 Å². The van der Waals surface area contributed by atoms with Gasteiger partial charge >= 0.3 is 0 Å². The molecule has 0 unspecified atom stereocenters. The summed E-state index contributed by atoms with van der Waals surface area (Å²) in [4.78, 5) is 9.20. The molecule has 0 spiro atoms. The zero-order valence-corrected chi connectivity index (χ0v) is 12.0. The predicted octanol–water partition coefficient (Wildman–Crippen LogP) is 3.28. The molecule has 0 radical (unpaired) electrons. The molecule has 2 aromatic heterocycles. The van der Waals surface area contributed by atoms with Crippen molar-refractivity contribution in [2.24, 2.45) is 0 Å². The molecule has 2 N–H and O–H groups in total. The Morgan fingerprint density at radius 1 is 1.14 bits per heavy atom. The molecule has 1 aliphatic carbocycles. The Morgan fingerprint density at radius 2 is 2.05 bits per heavy atom. The number of hydrogen-bond acceptors (Lipinski definition) is 4. The van der Waals surface area contributed by atoms with Crippen molar-refractivity contribution in [2.75, 3.05) is 5.32 Å². The van der Waals surface area contributed by atoms with Crippen LogP contribution in [0.1, 0.15) is 29.9 Å². The van der Waals surface area contributed by atoms with Gasteiger partial charge in [-0.25, -0.2) is 9.97 Å². The first-order chi connectivity index (χ1) is 10.3. The number of nitrogens with one attached hydrogen (secondary N) is 2. The maximum absolute atomic E-state index is 4.60. The van der Waals surface area contributed by atoms with Crippen LogP contribution in [0.3, 0.4) is 0 Å². The third-order valence-corrected chi connectivity index (χ3v) is 4.00. The van der Waals surface area contributed by atoms with Gasteiger partial charge in [0, 0.05) is 22.3 Å². The Morgan fingerprint density at radius 3 is 3.00 bits per heavy atom. The second-order valence-electron chi connectivity index (χ2n) is 5.55. The third-order valence-electron chi connectivity index (χ3n) is 4.00. The molecule has 3 aromatic rings. The average molecular weight is 279 g/mol. The van der Waals surface area contributed by atoms with Gasteiger partial charge in [0.2, 0.25) is 0 Å². The van der Waals surface area contributed by atoms with E-state index in [0.29, 0.717) is 0 Å².